The Bertz CT molecular complexity index is 252. The summed E-state index contributed by atoms with van der Waals surface area (Å²) in [5.41, 5.74) is 5.16. The number of hydrogen-bond donors (Lipinski definition) is 2. The zero-order valence-electron chi connectivity index (χ0n) is 10.3. The highest BCUT2D eigenvalue weighted by atomic mass is 31.2. The summed E-state index contributed by atoms with van der Waals surface area (Å²) in [5.74, 6) is -0.910. The van der Waals surface area contributed by atoms with Crippen molar-refractivity contribution >= 4 is 13.6 Å². The average Bonchev–Trinajstić information content (AvgIpc) is 1.98. The highest BCUT2D eigenvalue weighted by Gasteiger charge is 2.14. The lowest BCUT2D eigenvalue weighted by atomic mass is 10.1. The molecule has 0 aromatic rings. The molecule has 98 valence electrons. The molecule has 0 aliphatic carbocycles. The Morgan fingerprint density at radius 1 is 1.38 bits per heavy atom. The second-order valence-corrected chi connectivity index (χ2v) is 5.71. The molecule has 5 nitrogen and oxygen atoms in total. The van der Waals surface area contributed by atoms with Crippen LogP contribution in [0.3, 0.4) is 0 Å². The summed E-state index contributed by atoms with van der Waals surface area (Å²) in [7, 11) is -3.72. The van der Waals surface area contributed by atoms with Crippen molar-refractivity contribution in [2.24, 2.45) is 11.7 Å². The van der Waals surface area contributed by atoms with Crippen LogP contribution in [0.4, 0.5) is 4.20 Å². The second-order valence-electron chi connectivity index (χ2n) is 4.01. The Labute approximate surface area is 95.7 Å². The lowest BCUT2D eigenvalue weighted by Crippen LogP contribution is -2.34. The largest absolute Gasteiger partial charge is 0.480 e. The molecule has 0 rings (SSSR count). The molecule has 0 radical (unpaired) electrons. The molecule has 0 aromatic carbocycles. The topological polar surface area (TPSA) is 89.6 Å². The van der Waals surface area contributed by atoms with Crippen molar-refractivity contribution in [3.8, 4) is 0 Å². The number of aliphatic carboxylic acids is 1. The predicted octanol–water partition coefficient (Wildman–Crippen LogP) is 2.26. The fourth-order valence-electron chi connectivity index (χ4n) is 0.662. The van der Waals surface area contributed by atoms with Crippen molar-refractivity contribution in [3.05, 3.63) is 0 Å². The summed E-state index contributed by atoms with van der Waals surface area (Å²) in [5, 5.41) is 8.23. The van der Waals surface area contributed by atoms with Gasteiger partial charge in [0.25, 0.3) is 0 Å². The molecule has 3 N–H and O–H groups in total. The van der Waals surface area contributed by atoms with Crippen LogP contribution in [0.15, 0.2) is 0 Å². The monoisotopic (exact) mass is 257 g/mol. The fourth-order valence-corrected chi connectivity index (χ4v) is 1.41. The Morgan fingerprint density at radius 2 is 1.75 bits per heavy atom. The first-order valence-corrected chi connectivity index (χ1v) is 6.87. The summed E-state index contributed by atoms with van der Waals surface area (Å²) in [6.45, 7) is 7.77. The van der Waals surface area contributed by atoms with Crippen LogP contribution in [0.5, 0.6) is 0 Å². The normalized spacial score (nSPS) is 16.3. The van der Waals surface area contributed by atoms with E-state index in [2.05, 4.69) is 4.52 Å². The van der Waals surface area contributed by atoms with Crippen LogP contribution >= 0.6 is 7.68 Å². The van der Waals surface area contributed by atoms with Gasteiger partial charge in [0, 0.05) is 6.66 Å². The van der Waals surface area contributed by atoms with Crippen LogP contribution in [0.2, 0.25) is 0 Å². The third-order valence-corrected chi connectivity index (χ3v) is 2.20. The third kappa shape index (κ3) is 13.5. The van der Waals surface area contributed by atoms with Gasteiger partial charge >= 0.3 is 13.6 Å². The molecule has 0 saturated heterocycles. The second kappa shape index (κ2) is 7.76. The van der Waals surface area contributed by atoms with E-state index in [0.717, 1.165) is 6.66 Å². The van der Waals surface area contributed by atoms with E-state index in [4.69, 9.17) is 10.8 Å². The molecular weight excluding hydrogens is 236 g/mol. The van der Waals surface area contributed by atoms with Gasteiger partial charge in [-0.3, -0.25) is 9.36 Å². The first kappa shape index (κ1) is 17.9. The molecule has 0 spiro atoms. The Kier molecular flexibility index (Phi) is 8.70. The van der Waals surface area contributed by atoms with E-state index < -0.39 is 19.7 Å². The number of nitrogens with two attached hydrogens (primary N) is 1. The highest BCUT2D eigenvalue weighted by Crippen LogP contribution is 2.44. The first-order valence-electron chi connectivity index (χ1n) is 4.91. The van der Waals surface area contributed by atoms with Crippen molar-refractivity contribution in [3.63, 3.8) is 0 Å². The van der Waals surface area contributed by atoms with Crippen LogP contribution in [0.25, 0.3) is 0 Å². The summed E-state index contributed by atoms with van der Waals surface area (Å²) in [6, 6.07) is -0.713. The van der Waals surface area contributed by atoms with Gasteiger partial charge in [0.05, 0.1) is 6.10 Å². The lowest BCUT2D eigenvalue weighted by Gasteiger charge is -2.07. The minimum Gasteiger partial charge on any atom is -0.480 e. The van der Waals surface area contributed by atoms with Gasteiger partial charge in [-0.1, -0.05) is 13.8 Å². The van der Waals surface area contributed by atoms with Crippen molar-refractivity contribution in [2.75, 3.05) is 6.66 Å². The smallest absolute Gasteiger partial charge is 0.364 e. The molecular formula is C9H21FNO4P. The minimum atomic E-state index is -3.72. The van der Waals surface area contributed by atoms with E-state index in [-0.39, 0.29) is 12.0 Å². The van der Waals surface area contributed by atoms with Crippen LogP contribution in [-0.4, -0.2) is 29.9 Å². The van der Waals surface area contributed by atoms with Gasteiger partial charge in [-0.15, -0.1) is 0 Å². The van der Waals surface area contributed by atoms with Crippen LogP contribution in [0, 0.1) is 5.92 Å². The Morgan fingerprint density at radius 3 is 1.75 bits per heavy atom. The van der Waals surface area contributed by atoms with Crippen molar-refractivity contribution in [2.45, 2.75) is 39.8 Å². The molecule has 0 amide bonds. The quantitative estimate of drug-likeness (QED) is 0.754. The molecule has 0 bridgehead atoms. The highest BCUT2D eigenvalue weighted by molar-refractivity contribution is 7.52. The number of rotatable bonds is 4. The van der Waals surface area contributed by atoms with Gasteiger partial charge in [0.15, 0.2) is 0 Å². The van der Waals surface area contributed by atoms with Gasteiger partial charge < -0.3 is 15.4 Å². The number of carbonyl (C=O) groups is 1. The van der Waals surface area contributed by atoms with Gasteiger partial charge in [0.1, 0.15) is 6.04 Å². The van der Waals surface area contributed by atoms with Gasteiger partial charge in [-0.05, 0) is 19.8 Å². The average molecular weight is 257 g/mol. The van der Waals surface area contributed by atoms with E-state index in [1.807, 2.05) is 0 Å². The maximum Gasteiger partial charge on any atom is 0.364 e. The standard InChI is InChI=1S/C5H11NO2.C4H10FO2P/c1-3(2)4(6)5(7)8;1-4(2)7-8(3,5)6/h3-4H,6H2,1-2H3,(H,7,8);4H,1-3H3/t4-;/m0./s1. The van der Waals surface area contributed by atoms with Gasteiger partial charge in [-0.25, -0.2) is 0 Å². The summed E-state index contributed by atoms with van der Waals surface area (Å²) in [6.07, 6.45) is -0.296. The van der Waals surface area contributed by atoms with Crippen molar-refractivity contribution < 1.29 is 23.2 Å². The maximum absolute atomic E-state index is 12.0. The SMILES string of the molecule is CC(C)OP(C)(=O)F.CC(C)[C@H](N)C(=O)O. The van der Waals surface area contributed by atoms with Crippen molar-refractivity contribution in [1.82, 2.24) is 0 Å². The molecule has 0 aromatic heterocycles. The number of hydrogen-bond acceptors (Lipinski definition) is 4. The van der Waals surface area contributed by atoms with E-state index in [1.165, 1.54) is 0 Å². The number of halogens is 1. The number of carboxylic acids is 1. The van der Waals surface area contributed by atoms with Crippen LogP contribution < -0.4 is 5.73 Å². The van der Waals surface area contributed by atoms with Crippen LogP contribution in [-0.2, 0) is 13.9 Å². The van der Waals surface area contributed by atoms with Crippen molar-refractivity contribution in [1.29, 1.82) is 0 Å². The molecule has 2 atom stereocenters. The van der Waals surface area contributed by atoms with Gasteiger partial charge in [-0.2, -0.15) is 4.20 Å². The molecule has 0 saturated carbocycles. The van der Waals surface area contributed by atoms with Gasteiger partial charge in [0.2, 0.25) is 0 Å². The lowest BCUT2D eigenvalue weighted by molar-refractivity contribution is -0.139. The molecule has 7 heteroatoms. The summed E-state index contributed by atoms with van der Waals surface area (Å²) in [4.78, 5) is 10.0. The fraction of sp³-hybridized carbons (Fsp3) is 0.889. The first-order chi connectivity index (χ1) is 6.97. The predicted molar refractivity (Wildman–Crippen MR) is 61.3 cm³/mol. The van der Waals surface area contributed by atoms with Crippen LogP contribution in [0.1, 0.15) is 27.7 Å². The molecule has 1 unspecified atom stereocenters. The van der Waals surface area contributed by atoms with E-state index >= 15 is 0 Å². The molecule has 16 heavy (non-hydrogen) atoms. The third-order valence-electron chi connectivity index (χ3n) is 1.40. The summed E-state index contributed by atoms with van der Waals surface area (Å²) < 4.78 is 26.4. The molecule has 0 fully saturated rings. The Balaban J connectivity index is 0. The zero-order valence-corrected chi connectivity index (χ0v) is 11.2. The molecule has 0 aliphatic rings. The van der Waals surface area contributed by atoms with E-state index in [0.29, 0.717) is 0 Å². The maximum atomic E-state index is 12.0. The zero-order chi connectivity index (χ0) is 13.5. The van der Waals surface area contributed by atoms with E-state index in [1.54, 1.807) is 27.7 Å². The Hall–Kier alpha value is -0.450. The summed E-state index contributed by atoms with van der Waals surface area (Å²) >= 11 is 0. The minimum absolute atomic E-state index is 0.0208. The molecule has 0 heterocycles. The molecule has 0 aliphatic heterocycles. The van der Waals surface area contributed by atoms with E-state index in [9.17, 15) is 13.6 Å². The number of carboxylic acid groups (broad SMARTS) is 1.